The first-order chi connectivity index (χ1) is 18.8. The average molecular weight is 573 g/mol. The predicted molar refractivity (Wildman–Crippen MR) is 156 cm³/mol. The number of aliphatic hydroxyl groups is 1. The van der Waals surface area contributed by atoms with E-state index in [4.69, 9.17) is 21.1 Å². The number of aromatic nitrogens is 1. The number of halogens is 1. The van der Waals surface area contributed by atoms with Crippen molar-refractivity contribution in [2.24, 2.45) is 5.41 Å². The number of thioether (sulfide) groups is 1. The van der Waals surface area contributed by atoms with Crippen molar-refractivity contribution >= 4 is 40.2 Å². The van der Waals surface area contributed by atoms with Gasteiger partial charge in [0.2, 0.25) is 0 Å². The molecule has 1 aliphatic rings. The minimum Gasteiger partial charge on any atom is -0.497 e. The van der Waals surface area contributed by atoms with Crippen LogP contribution in [0.1, 0.15) is 50.2 Å². The Morgan fingerprint density at radius 3 is 2.67 bits per heavy atom. The lowest BCUT2D eigenvalue weighted by atomic mass is 9.71. The van der Waals surface area contributed by atoms with Crippen LogP contribution in [-0.2, 0) is 4.79 Å². The van der Waals surface area contributed by atoms with Crippen molar-refractivity contribution < 1.29 is 24.5 Å². The molecule has 0 saturated carbocycles. The lowest BCUT2D eigenvalue weighted by Crippen LogP contribution is -2.41. The van der Waals surface area contributed by atoms with E-state index in [2.05, 4.69) is 16.0 Å². The van der Waals surface area contributed by atoms with Gasteiger partial charge in [-0.3, -0.25) is 9.78 Å². The normalized spacial score (nSPS) is 16.2. The van der Waals surface area contributed by atoms with Gasteiger partial charge in [0, 0.05) is 22.0 Å². The highest BCUT2D eigenvalue weighted by atomic mass is 35.5. The summed E-state index contributed by atoms with van der Waals surface area (Å²) in [7, 11) is 3.29. The fraction of sp³-hybridized carbons (Fsp3) is 0.467. The van der Waals surface area contributed by atoms with E-state index < -0.39 is 12.1 Å². The molecule has 0 aliphatic carbocycles. The second kappa shape index (κ2) is 13.7. The first-order valence-electron chi connectivity index (χ1n) is 13.3. The average Bonchev–Trinajstić information content (AvgIpc) is 2.94. The largest absolute Gasteiger partial charge is 0.497 e. The molecule has 0 spiro atoms. The van der Waals surface area contributed by atoms with E-state index in [1.165, 1.54) is 0 Å². The van der Waals surface area contributed by atoms with Crippen LogP contribution in [0.5, 0.6) is 11.5 Å². The van der Waals surface area contributed by atoms with Gasteiger partial charge in [-0.2, -0.15) is 0 Å². The van der Waals surface area contributed by atoms with Crippen LogP contribution in [0, 0.1) is 5.41 Å². The third-order valence-electron chi connectivity index (χ3n) is 7.74. The number of methoxy groups -OCH3 is 2. The van der Waals surface area contributed by atoms with Gasteiger partial charge in [-0.05, 0) is 93.2 Å². The van der Waals surface area contributed by atoms with Crippen molar-refractivity contribution in [2.75, 3.05) is 39.6 Å². The van der Waals surface area contributed by atoms with Crippen molar-refractivity contribution in [3.05, 3.63) is 59.2 Å². The van der Waals surface area contributed by atoms with Gasteiger partial charge in [0.15, 0.2) is 0 Å². The molecule has 9 heteroatoms. The zero-order valence-corrected chi connectivity index (χ0v) is 24.1. The first kappa shape index (κ1) is 29.5. The number of rotatable bonds is 13. The van der Waals surface area contributed by atoms with Crippen LogP contribution < -0.4 is 9.47 Å². The maximum atomic E-state index is 11.8. The molecule has 7 nitrogen and oxygen atoms in total. The summed E-state index contributed by atoms with van der Waals surface area (Å²) >= 11 is 8.30. The predicted octanol–water partition coefficient (Wildman–Crippen LogP) is 6.46. The Hall–Kier alpha value is -2.52. The highest BCUT2D eigenvalue weighted by Crippen LogP contribution is 2.43. The van der Waals surface area contributed by atoms with E-state index in [1.54, 1.807) is 32.2 Å². The Bertz CT molecular complexity index is 1270. The van der Waals surface area contributed by atoms with Crippen LogP contribution in [0.2, 0.25) is 5.02 Å². The third kappa shape index (κ3) is 7.57. The number of carboxylic acids is 1. The van der Waals surface area contributed by atoms with Crippen LogP contribution in [0.15, 0.2) is 53.6 Å². The van der Waals surface area contributed by atoms with Crippen molar-refractivity contribution in [1.29, 1.82) is 0 Å². The molecule has 1 saturated heterocycles. The molecule has 1 unspecified atom stereocenters. The van der Waals surface area contributed by atoms with Crippen LogP contribution in [0.25, 0.3) is 10.9 Å². The van der Waals surface area contributed by atoms with Gasteiger partial charge in [-0.1, -0.05) is 23.7 Å². The van der Waals surface area contributed by atoms with E-state index in [0.29, 0.717) is 29.2 Å². The zero-order chi connectivity index (χ0) is 27.8. The summed E-state index contributed by atoms with van der Waals surface area (Å²) < 4.78 is 10.8. The van der Waals surface area contributed by atoms with Crippen LogP contribution in [-0.4, -0.2) is 65.7 Å². The van der Waals surface area contributed by atoms with Crippen LogP contribution >= 0.6 is 23.4 Å². The van der Waals surface area contributed by atoms with Crippen molar-refractivity contribution in [3.63, 3.8) is 0 Å². The molecule has 1 atom stereocenters. The molecule has 2 aromatic carbocycles. The number of aliphatic carboxylic acids is 1. The summed E-state index contributed by atoms with van der Waals surface area (Å²) in [5.74, 6) is 1.77. The molecule has 3 aromatic rings. The number of piperidine rings is 1. The molecule has 210 valence electrons. The number of hydrogen-bond acceptors (Lipinski definition) is 7. The molecule has 1 fully saturated rings. The number of carboxylic acid groups (broad SMARTS) is 1. The molecule has 0 bridgehead atoms. The monoisotopic (exact) mass is 572 g/mol. The standard InChI is InChI=1S/C30H37ClN2O5S/c1-37-21-8-9-24-22(18-21)29(23(31)20-32-24)25(34)10-11-30(19-28(35)36)12-15-33(16-13-30)14-5-17-39-27-7-4-3-6-26(27)38-2/h3-4,6-9,18,20,25,34H,5,10-17,19H2,1-2H3,(H,35,36). The molecule has 0 radical (unpaired) electrons. The topological polar surface area (TPSA) is 92.1 Å². The fourth-order valence-corrected chi connectivity index (χ4v) is 6.75. The summed E-state index contributed by atoms with van der Waals surface area (Å²) in [4.78, 5) is 19.8. The Labute approximate surface area is 239 Å². The molecule has 39 heavy (non-hydrogen) atoms. The number of pyridine rings is 1. The molecule has 2 heterocycles. The number of hydrogen-bond donors (Lipinski definition) is 2. The van der Waals surface area contributed by atoms with Gasteiger partial charge >= 0.3 is 5.97 Å². The number of fused-ring (bicyclic) bond motifs is 1. The summed E-state index contributed by atoms with van der Waals surface area (Å²) in [5, 5.41) is 22.1. The lowest BCUT2D eigenvalue weighted by molar-refractivity contribution is -0.141. The molecule has 4 rings (SSSR count). The second-order valence-electron chi connectivity index (χ2n) is 10.2. The first-order valence-corrected chi connectivity index (χ1v) is 14.7. The number of para-hydroxylation sites is 1. The van der Waals surface area contributed by atoms with E-state index >= 15 is 0 Å². The second-order valence-corrected chi connectivity index (χ2v) is 11.8. The zero-order valence-electron chi connectivity index (χ0n) is 22.6. The van der Waals surface area contributed by atoms with E-state index in [0.717, 1.165) is 66.2 Å². The molecule has 0 amide bonds. The lowest BCUT2D eigenvalue weighted by Gasteiger charge is -2.41. The van der Waals surface area contributed by atoms with Crippen LogP contribution in [0.3, 0.4) is 0 Å². The molecule has 2 N–H and O–H groups in total. The number of likely N-dealkylation sites (tertiary alicyclic amines) is 1. The number of ether oxygens (including phenoxy) is 2. The summed E-state index contributed by atoms with van der Waals surface area (Å²) in [6, 6.07) is 13.6. The number of carbonyl (C=O) groups is 1. The van der Waals surface area contributed by atoms with Crippen molar-refractivity contribution in [1.82, 2.24) is 9.88 Å². The van der Waals surface area contributed by atoms with Gasteiger partial charge in [-0.25, -0.2) is 0 Å². The van der Waals surface area contributed by atoms with Gasteiger partial charge < -0.3 is 24.6 Å². The molecule has 1 aromatic heterocycles. The van der Waals surface area contributed by atoms with Gasteiger partial charge in [0.1, 0.15) is 11.5 Å². The van der Waals surface area contributed by atoms with Gasteiger partial charge in [0.25, 0.3) is 0 Å². The maximum Gasteiger partial charge on any atom is 0.303 e. The maximum absolute atomic E-state index is 11.8. The third-order valence-corrected chi connectivity index (χ3v) is 9.18. The minimum atomic E-state index is -0.828. The highest BCUT2D eigenvalue weighted by Gasteiger charge is 2.37. The minimum absolute atomic E-state index is 0.107. The summed E-state index contributed by atoms with van der Waals surface area (Å²) in [5.41, 5.74) is 1.00. The Morgan fingerprint density at radius 1 is 1.18 bits per heavy atom. The number of aliphatic hydroxyl groups excluding tert-OH is 1. The molecular weight excluding hydrogens is 536 g/mol. The SMILES string of the molecule is COc1ccc2ncc(Cl)c(C(O)CCC3(CC(=O)O)CCN(CCCSc4ccccc4OC)CC3)c2c1. The quantitative estimate of drug-likeness (QED) is 0.178. The highest BCUT2D eigenvalue weighted by molar-refractivity contribution is 7.99. The van der Waals surface area contributed by atoms with E-state index in [9.17, 15) is 15.0 Å². The summed E-state index contributed by atoms with van der Waals surface area (Å²) in [6.45, 7) is 2.70. The van der Waals surface area contributed by atoms with Crippen molar-refractivity contribution in [2.45, 2.75) is 49.5 Å². The molecule has 1 aliphatic heterocycles. The van der Waals surface area contributed by atoms with Crippen LogP contribution in [0.4, 0.5) is 0 Å². The fourth-order valence-electron chi connectivity index (χ4n) is 5.52. The number of nitrogens with zero attached hydrogens (tertiary/aromatic N) is 2. The van der Waals surface area contributed by atoms with Crippen molar-refractivity contribution in [3.8, 4) is 11.5 Å². The smallest absolute Gasteiger partial charge is 0.303 e. The Morgan fingerprint density at radius 2 is 1.95 bits per heavy atom. The number of benzene rings is 2. The van der Waals surface area contributed by atoms with Gasteiger partial charge in [-0.15, -0.1) is 11.8 Å². The van der Waals surface area contributed by atoms with Gasteiger partial charge in [0.05, 0.1) is 37.3 Å². The Balaban J connectivity index is 1.34. The van der Waals surface area contributed by atoms with E-state index in [-0.39, 0.29) is 11.8 Å². The summed E-state index contributed by atoms with van der Waals surface area (Å²) in [6.07, 6.45) is 4.52. The Kier molecular flexibility index (Phi) is 10.4. The van der Waals surface area contributed by atoms with E-state index in [1.807, 2.05) is 36.4 Å². The molecular formula is C30H37ClN2O5S.